The molecule has 0 heterocycles. The van der Waals surface area contributed by atoms with Crippen LogP contribution < -0.4 is 0 Å². The number of hydrogen-bond acceptors (Lipinski definition) is 3. The van der Waals surface area contributed by atoms with E-state index in [0.29, 0.717) is 12.5 Å². The smallest absolute Gasteiger partial charge is 0.302 e. The van der Waals surface area contributed by atoms with Crippen LogP contribution in [0.2, 0.25) is 0 Å². The Kier molecular flexibility index (Phi) is 5.88. The molecule has 2 aliphatic rings. The molecular weight excluding hydrogens is 312 g/mol. The summed E-state index contributed by atoms with van der Waals surface area (Å²) in [6, 6.07) is 0. The van der Waals surface area contributed by atoms with Gasteiger partial charge in [0.2, 0.25) is 0 Å². The molecule has 0 saturated heterocycles. The lowest BCUT2D eigenvalue weighted by atomic mass is 9.45. The maximum Gasteiger partial charge on any atom is 0.302 e. The average molecular weight is 349 g/mol. The van der Waals surface area contributed by atoms with Crippen LogP contribution in [-0.2, 0) is 9.53 Å². The number of hydrogen-bond donors (Lipinski definition) is 1. The van der Waals surface area contributed by atoms with Gasteiger partial charge in [0.05, 0.1) is 12.2 Å². The Morgan fingerprint density at radius 2 is 1.96 bits per heavy atom. The molecule has 2 aliphatic carbocycles. The van der Waals surface area contributed by atoms with Crippen LogP contribution in [0.15, 0.2) is 24.8 Å². The van der Waals surface area contributed by atoms with Gasteiger partial charge in [0.25, 0.3) is 0 Å². The van der Waals surface area contributed by atoms with E-state index in [1.807, 2.05) is 13.0 Å². The van der Waals surface area contributed by atoms with Gasteiger partial charge in [-0.25, -0.2) is 0 Å². The number of carbonyl (C=O) groups is 1. The van der Waals surface area contributed by atoms with E-state index < -0.39 is 5.60 Å². The molecule has 5 atom stereocenters. The van der Waals surface area contributed by atoms with E-state index in [1.54, 1.807) is 0 Å². The van der Waals surface area contributed by atoms with E-state index in [0.717, 1.165) is 50.5 Å². The van der Waals surface area contributed by atoms with Gasteiger partial charge in [-0.1, -0.05) is 45.1 Å². The second-order valence-electron chi connectivity index (χ2n) is 9.20. The predicted molar refractivity (Wildman–Crippen MR) is 102 cm³/mol. The molecule has 142 valence electrons. The van der Waals surface area contributed by atoms with Crippen LogP contribution in [0.25, 0.3) is 0 Å². The minimum absolute atomic E-state index is 0.00284. The summed E-state index contributed by atoms with van der Waals surface area (Å²) in [5.41, 5.74) is 0.464. The molecule has 0 aromatic heterocycles. The molecule has 2 rings (SSSR count). The Hall–Kier alpha value is -1.09. The molecule has 0 aromatic carbocycles. The molecule has 0 radical (unpaired) electrons. The summed E-state index contributed by atoms with van der Waals surface area (Å²) in [4.78, 5) is 11.4. The van der Waals surface area contributed by atoms with Gasteiger partial charge in [-0.3, -0.25) is 4.79 Å². The van der Waals surface area contributed by atoms with Gasteiger partial charge >= 0.3 is 5.97 Å². The topological polar surface area (TPSA) is 46.5 Å². The second kappa shape index (κ2) is 7.26. The largest absolute Gasteiger partial charge is 0.465 e. The van der Waals surface area contributed by atoms with E-state index >= 15 is 0 Å². The maximum atomic E-state index is 11.4. The predicted octanol–water partition coefficient (Wildman–Crippen LogP) is 5.05. The fourth-order valence-electron chi connectivity index (χ4n) is 5.95. The first-order chi connectivity index (χ1) is 11.5. The Morgan fingerprint density at radius 1 is 1.28 bits per heavy atom. The first-order valence-electron chi connectivity index (χ1n) is 9.71. The van der Waals surface area contributed by atoms with Crippen molar-refractivity contribution in [3.63, 3.8) is 0 Å². The fraction of sp³-hybridized carbons (Fsp3) is 0.773. The Balaban J connectivity index is 2.28. The number of carbonyl (C=O) groups excluding carboxylic acids is 1. The molecule has 2 saturated carbocycles. The third-order valence-corrected chi connectivity index (χ3v) is 7.23. The first-order valence-corrected chi connectivity index (χ1v) is 9.71. The highest BCUT2D eigenvalue weighted by atomic mass is 16.5. The van der Waals surface area contributed by atoms with E-state index in [4.69, 9.17) is 4.74 Å². The maximum absolute atomic E-state index is 11.4. The number of esters is 1. The highest BCUT2D eigenvalue weighted by Crippen LogP contribution is 2.63. The summed E-state index contributed by atoms with van der Waals surface area (Å²) in [7, 11) is 0. The number of fused-ring (bicyclic) bond motifs is 1. The molecule has 3 heteroatoms. The van der Waals surface area contributed by atoms with Gasteiger partial charge in [-0.05, 0) is 62.7 Å². The van der Waals surface area contributed by atoms with Crippen LogP contribution in [0.5, 0.6) is 0 Å². The van der Waals surface area contributed by atoms with Crippen LogP contribution in [0, 0.1) is 22.7 Å². The van der Waals surface area contributed by atoms with Crippen LogP contribution in [0.3, 0.4) is 0 Å². The molecule has 0 unspecified atom stereocenters. The van der Waals surface area contributed by atoms with E-state index in [2.05, 4.69) is 27.0 Å². The second-order valence-corrected chi connectivity index (χ2v) is 9.20. The third kappa shape index (κ3) is 4.02. The quantitative estimate of drug-likeness (QED) is 0.540. The van der Waals surface area contributed by atoms with Crippen LogP contribution in [0.4, 0.5) is 0 Å². The van der Waals surface area contributed by atoms with Crippen molar-refractivity contribution < 1.29 is 14.6 Å². The van der Waals surface area contributed by atoms with E-state index in [9.17, 15) is 9.90 Å². The van der Waals surface area contributed by atoms with Gasteiger partial charge in [-0.2, -0.15) is 0 Å². The summed E-state index contributed by atoms with van der Waals surface area (Å²) in [6.45, 7) is 16.5. The molecule has 2 fully saturated rings. The lowest BCUT2D eigenvalue weighted by Crippen LogP contribution is -2.59. The van der Waals surface area contributed by atoms with Crippen molar-refractivity contribution in [1.82, 2.24) is 0 Å². The summed E-state index contributed by atoms with van der Waals surface area (Å²) in [6.07, 6.45) is 8.81. The van der Waals surface area contributed by atoms with E-state index in [-0.39, 0.29) is 22.7 Å². The highest BCUT2D eigenvalue weighted by molar-refractivity contribution is 5.65. The normalized spacial score (nSPS) is 40.8. The monoisotopic (exact) mass is 348 g/mol. The van der Waals surface area contributed by atoms with Crippen LogP contribution >= 0.6 is 0 Å². The highest BCUT2D eigenvalue weighted by Gasteiger charge is 2.59. The Bertz CT molecular complexity index is 535. The molecule has 0 aromatic rings. The first kappa shape index (κ1) is 20.2. The zero-order chi connectivity index (χ0) is 18.9. The minimum atomic E-state index is -0.646. The molecule has 0 spiro atoms. The zero-order valence-electron chi connectivity index (χ0n) is 16.6. The number of aliphatic hydroxyl groups is 1. The van der Waals surface area contributed by atoms with Crippen LogP contribution in [-0.4, -0.2) is 23.3 Å². The lowest BCUT2D eigenvalue weighted by Gasteiger charge is -2.61. The summed E-state index contributed by atoms with van der Waals surface area (Å²) in [5, 5.41) is 11.2. The van der Waals surface area contributed by atoms with E-state index in [1.165, 1.54) is 6.92 Å². The minimum Gasteiger partial charge on any atom is -0.465 e. The zero-order valence-corrected chi connectivity index (χ0v) is 16.6. The summed E-state index contributed by atoms with van der Waals surface area (Å²) in [5.74, 6) is 0.498. The van der Waals surface area contributed by atoms with Crippen molar-refractivity contribution in [1.29, 1.82) is 0 Å². The molecule has 0 aliphatic heterocycles. The van der Waals surface area contributed by atoms with Gasteiger partial charge in [-0.15, -0.1) is 0 Å². The average Bonchev–Trinajstić information content (AvgIpc) is 2.51. The summed E-state index contributed by atoms with van der Waals surface area (Å²) < 4.78 is 5.45. The van der Waals surface area contributed by atoms with Crippen LogP contribution in [0.1, 0.15) is 72.6 Å². The number of ether oxygens (including phenoxy) is 1. The lowest BCUT2D eigenvalue weighted by molar-refractivity contribution is -0.186. The number of rotatable bonds is 6. The molecule has 25 heavy (non-hydrogen) atoms. The van der Waals surface area contributed by atoms with Gasteiger partial charge in [0.1, 0.15) is 0 Å². The van der Waals surface area contributed by atoms with Crippen molar-refractivity contribution in [3.05, 3.63) is 24.8 Å². The fourth-order valence-corrected chi connectivity index (χ4v) is 5.95. The Labute approximate surface area is 153 Å². The van der Waals surface area contributed by atoms with Crippen molar-refractivity contribution in [2.24, 2.45) is 22.7 Å². The van der Waals surface area contributed by atoms with Gasteiger partial charge in [0.15, 0.2) is 0 Å². The molecular formula is C22H36O3. The Morgan fingerprint density at radius 3 is 2.56 bits per heavy atom. The summed E-state index contributed by atoms with van der Waals surface area (Å²) >= 11 is 0. The molecule has 1 N–H and O–H groups in total. The third-order valence-electron chi connectivity index (χ3n) is 7.23. The molecule has 3 nitrogen and oxygen atoms in total. The van der Waals surface area contributed by atoms with Crippen molar-refractivity contribution in [2.75, 3.05) is 6.61 Å². The molecule has 0 amide bonds. The van der Waals surface area contributed by atoms with Gasteiger partial charge < -0.3 is 9.84 Å². The van der Waals surface area contributed by atoms with Crippen molar-refractivity contribution in [2.45, 2.75) is 78.2 Å². The molecule has 0 bridgehead atoms. The SMILES string of the molecule is C=CC(=C)CC[C@H]1[C@]2(C)CCC[C@](C)(COC(C)=O)[C@H]2CC[C@]1(C)O. The number of allylic oxidation sites excluding steroid dienone is 2. The standard InChI is InChI=1S/C22H36O3/c1-7-16(2)9-10-19-21(5)13-8-12-20(4,15-25-17(3)23)18(21)11-14-22(19,6)24/h7,18-19,24H,1-2,8-15H2,3-6H3/t18-,19+,20-,21-,22+/m1/s1. The van der Waals surface area contributed by atoms with Gasteiger partial charge in [0, 0.05) is 12.3 Å². The van der Waals surface area contributed by atoms with Crippen molar-refractivity contribution in [3.8, 4) is 0 Å². The van der Waals surface area contributed by atoms with Crippen molar-refractivity contribution >= 4 is 5.97 Å².